The Balaban J connectivity index is 2.61. The third-order valence-electron chi connectivity index (χ3n) is 2.36. The summed E-state index contributed by atoms with van der Waals surface area (Å²) in [7, 11) is 0. The highest BCUT2D eigenvalue weighted by Gasteiger charge is 2.33. The molecule has 0 N–H and O–H groups in total. The highest BCUT2D eigenvalue weighted by atomic mass is 35.5. The lowest BCUT2D eigenvalue weighted by molar-refractivity contribution is -0.141. The number of rotatable bonds is 1. The van der Waals surface area contributed by atoms with Crippen LogP contribution in [0.4, 0.5) is 17.6 Å². The van der Waals surface area contributed by atoms with Crippen molar-refractivity contribution >= 4 is 34.8 Å². The van der Waals surface area contributed by atoms with E-state index in [1.165, 1.54) is 12.1 Å². The fraction of sp³-hybridized carbons (Fsp3) is 0.0833. The van der Waals surface area contributed by atoms with Crippen LogP contribution in [0, 0.1) is 5.82 Å². The van der Waals surface area contributed by atoms with Gasteiger partial charge in [0.2, 0.25) is 0 Å². The smallest absolute Gasteiger partial charge is 0.243 e. The van der Waals surface area contributed by atoms with Crippen LogP contribution in [0.5, 0.6) is 0 Å². The van der Waals surface area contributed by atoms with Crippen LogP contribution >= 0.6 is 34.8 Å². The van der Waals surface area contributed by atoms with Gasteiger partial charge in [0.25, 0.3) is 0 Å². The average molecular weight is 345 g/mol. The lowest BCUT2D eigenvalue weighted by Gasteiger charge is -2.09. The van der Waals surface area contributed by atoms with E-state index < -0.39 is 17.7 Å². The first-order valence-corrected chi connectivity index (χ1v) is 6.21. The fourth-order valence-electron chi connectivity index (χ4n) is 1.49. The molecule has 0 radical (unpaired) electrons. The summed E-state index contributed by atoms with van der Waals surface area (Å²) >= 11 is 17.3. The van der Waals surface area contributed by atoms with Gasteiger partial charge in [-0.1, -0.05) is 34.8 Å². The Hall–Kier alpha value is -1.04. The number of halogens is 7. The number of alkyl halides is 3. The first-order valence-electron chi connectivity index (χ1n) is 5.08. The van der Waals surface area contributed by atoms with E-state index in [0.717, 1.165) is 6.07 Å². The first kappa shape index (κ1) is 15.4. The van der Waals surface area contributed by atoms with Gasteiger partial charge in [-0.3, -0.25) is 0 Å². The van der Waals surface area contributed by atoms with Crippen LogP contribution in [0.2, 0.25) is 15.1 Å². The topological polar surface area (TPSA) is 12.9 Å². The maximum absolute atomic E-state index is 13.3. The summed E-state index contributed by atoms with van der Waals surface area (Å²) in [4.78, 5) is 3.36. The van der Waals surface area contributed by atoms with Crippen molar-refractivity contribution in [3.8, 4) is 11.3 Å². The standard InChI is InChI=1S/C12H4Cl3F4N/c13-7-1-5(2-8(14)11(7)15)9-3-6(16)4-10(20-9)12(17,18)19/h1-4H. The Morgan fingerprint density at radius 3 is 1.95 bits per heavy atom. The molecule has 1 heterocycles. The van der Waals surface area contributed by atoms with E-state index in [4.69, 9.17) is 34.8 Å². The van der Waals surface area contributed by atoms with Crippen molar-refractivity contribution < 1.29 is 17.6 Å². The second kappa shape index (κ2) is 5.39. The van der Waals surface area contributed by atoms with Crippen molar-refractivity contribution in [3.05, 3.63) is 50.8 Å². The van der Waals surface area contributed by atoms with Crippen molar-refractivity contribution in [2.75, 3.05) is 0 Å². The molecule has 0 aliphatic rings. The van der Waals surface area contributed by atoms with E-state index >= 15 is 0 Å². The largest absolute Gasteiger partial charge is 0.433 e. The number of nitrogens with zero attached hydrogens (tertiary/aromatic N) is 1. The molecule has 8 heteroatoms. The summed E-state index contributed by atoms with van der Waals surface area (Å²) in [6.45, 7) is 0. The Morgan fingerprint density at radius 2 is 1.45 bits per heavy atom. The predicted octanol–water partition coefficient (Wildman–Crippen LogP) is 5.87. The van der Waals surface area contributed by atoms with E-state index in [-0.39, 0.29) is 26.3 Å². The first-order chi connectivity index (χ1) is 9.18. The van der Waals surface area contributed by atoms with Gasteiger partial charge >= 0.3 is 6.18 Å². The molecular formula is C12H4Cl3F4N. The number of benzene rings is 1. The maximum Gasteiger partial charge on any atom is 0.433 e. The predicted molar refractivity (Wildman–Crippen MR) is 69.7 cm³/mol. The average Bonchev–Trinajstić information content (AvgIpc) is 2.33. The van der Waals surface area contributed by atoms with Crippen LogP contribution in [0.3, 0.4) is 0 Å². The van der Waals surface area contributed by atoms with Gasteiger partial charge in [0.1, 0.15) is 11.5 Å². The van der Waals surface area contributed by atoms with Gasteiger partial charge in [0, 0.05) is 17.7 Å². The molecule has 0 spiro atoms. The summed E-state index contributed by atoms with van der Waals surface area (Å²) in [5, 5.41) is 0.132. The molecule has 0 aliphatic carbocycles. The van der Waals surface area contributed by atoms with Gasteiger partial charge < -0.3 is 0 Å². The van der Waals surface area contributed by atoms with Crippen molar-refractivity contribution in [3.63, 3.8) is 0 Å². The fourth-order valence-corrected chi connectivity index (χ4v) is 2.09. The van der Waals surface area contributed by atoms with Gasteiger partial charge in [-0.05, 0) is 12.1 Å². The Labute approximate surface area is 126 Å². The number of hydrogen-bond donors (Lipinski definition) is 0. The Morgan fingerprint density at radius 1 is 0.900 bits per heavy atom. The SMILES string of the molecule is Fc1cc(-c2cc(Cl)c(Cl)c(Cl)c2)nc(C(F)(F)F)c1. The van der Waals surface area contributed by atoms with Gasteiger partial charge in [-0.15, -0.1) is 0 Å². The molecule has 0 bridgehead atoms. The summed E-state index contributed by atoms with van der Waals surface area (Å²) in [5.41, 5.74) is -1.44. The summed E-state index contributed by atoms with van der Waals surface area (Å²) in [6, 6.07) is 3.68. The lowest BCUT2D eigenvalue weighted by Crippen LogP contribution is -2.09. The van der Waals surface area contributed by atoms with Crippen LogP contribution in [-0.4, -0.2) is 4.98 Å². The van der Waals surface area contributed by atoms with Gasteiger partial charge in [0.05, 0.1) is 20.8 Å². The van der Waals surface area contributed by atoms with E-state index in [2.05, 4.69) is 4.98 Å². The van der Waals surface area contributed by atoms with Crippen LogP contribution < -0.4 is 0 Å². The van der Waals surface area contributed by atoms with E-state index in [0.29, 0.717) is 6.07 Å². The quantitative estimate of drug-likeness (QED) is 0.466. The van der Waals surface area contributed by atoms with E-state index in [1.807, 2.05) is 0 Å². The van der Waals surface area contributed by atoms with Gasteiger partial charge in [0.15, 0.2) is 0 Å². The van der Waals surface area contributed by atoms with Crippen molar-refractivity contribution in [1.82, 2.24) is 4.98 Å². The van der Waals surface area contributed by atoms with Crippen molar-refractivity contribution in [1.29, 1.82) is 0 Å². The molecule has 0 atom stereocenters. The zero-order valence-electron chi connectivity index (χ0n) is 9.40. The summed E-state index contributed by atoms with van der Waals surface area (Å²) in [5.74, 6) is -1.07. The summed E-state index contributed by atoms with van der Waals surface area (Å²) < 4.78 is 51.0. The second-order valence-electron chi connectivity index (χ2n) is 3.81. The molecule has 0 unspecified atom stereocenters. The lowest BCUT2D eigenvalue weighted by atomic mass is 10.1. The third-order valence-corrected chi connectivity index (χ3v) is 3.56. The number of hydrogen-bond acceptors (Lipinski definition) is 1. The molecule has 1 nitrogen and oxygen atoms in total. The minimum absolute atomic E-state index is 0.0359. The monoisotopic (exact) mass is 343 g/mol. The molecule has 0 saturated heterocycles. The molecular weight excluding hydrogens is 340 g/mol. The zero-order chi connectivity index (χ0) is 15.1. The van der Waals surface area contributed by atoms with Crippen LogP contribution in [0.25, 0.3) is 11.3 Å². The molecule has 0 amide bonds. The van der Waals surface area contributed by atoms with Crippen LogP contribution in [0.1, 0.15) is 5.69 Å². The minimum atomic E-state index is -4.75. The molecule has 0 saturated carbocycles. The van der Waals surface area contributed by atoms with Crippen LogP contribution in [0.15, 0.2) is 24.3 Å². The Kier molecular flexibility index (Phi) is 4.14. The molecule has 0 fully saturated rings. The second-order valence-corrected chi connectivity index (χ2v) is 5.00. The molecule has 1 aromatic heterocycles. The molecule has 20 heavy (non-hydrogen) atoms. The number of pyridine rings is 1. The van der Waals surface area contributed by atoms with Crippen LogP contribution in [-0.2, 0) is 6.18 Å². The maximum atomic E-state index is 13.3. The molecule has 2 aromatic rings. The molecule has 106 valence electrons. The minimum Gasteiger partial charge on any atom is -0.243 e. The van der Waals surface area contributed by atoms with Gasteiger partial charge in [-0.2, -0.15) is 13.2 Å². The third kappa shape index (κ3) is 3.16. The highest BCUT2D eigenvalue weighted by Crippen LogP contribution is 2.36. The summed E-state index contributed by atoms with van der Waals surface area (Å²) in [6.07, 6.45) is -4.75. The number of aromatic nitrogens is 1. The van der Waals surface area contributed by atoms with Crippen molar-refractivity contribution in [2.24, 2.45) is 0 Å². The molecule has 2 rings (SSSR count). The highest BCUT2D eigenvalue weighted by molar-refractivity contribution is 6.48. The molecule has 1 aromatic carbocycles. The van der Waals surface area contributed by atoms with Crippen molar-refractivity contribution in [2.45, 2.75) is 6.18 Å². The Bertz CT molecular complexity index is 647. The van der Waals surface area contributed by atoms with Gasteiger partial charge in [-0.25, -0.2) is 9.37 Å². The van der Waals surface area contributed by atoms with E-state index in [1.54, 1.807) is 0 Å². The zero-order valence-corrected chi connectivity index (χ0v) is 11.7. The molecule has 0 aliphatic heterocycles. The normalized spacial score (nSPS) is 11.8. The van der Waals surface area contributed by atoms with E-state index in [9.17, 15) is 17.6 Å².